The van der Waals surface area contributed by atoms with E-state index in [-0.39, 0.29) is 31.3 Å². The molecule has 17 heavy (non-hydrogen) atoms. The maximum atomic E-state index is 11.6. The molecule has 1 aliphatic rings. The van der Waals surface area contributed by atoms with Gasteiger partial charge in [-0.3, -0.25) is 9.59 Å². The minimum Gasteiger partial charge on any atom is -0.481 e. The maximum absolute atomic E-state index is 11.6. The van der Waals surface area contributed by atoms with Gasteiger partial charge < -0.3 is 20.3 Å². The normalized spacial score (nSPS) is 20.8. The van der Waals surface area contributed by atoms with Crippen LogP contribution in [0.3, 0.4) is 0 Å². The van der Waals surface area contributed by atoms with Gasteiger partial charge in [-0.05, 0) is 12.8 Å². The van der Waals surface area contributed by atoms with Crippen LogP contribution in [0.25, 0.3) is 0 Å². The quantitative estimate of drug-likeness (QED) is 0.579. The summed E-state index contributed by atoms with van der Waals surface area (Å²) >= 11 is 0. The van der Waals surface area contributed by atoms with Gasteiger partial charge in [-0.1, -0.05) is 0 Å². The molecule has 0 aromatic rings. The van der Waals surface area contributed by atoms with Crippen molar-refractivity contribution >= 4 is 17.8 Å². The zero-order valence-electron chi connectivity index (χ0n) is 9.22. The number of carboxylic acid groups (broad SMARTS) is 2. The third-order valence-corrected chi connectivity index (χ3v) is 2.56. The summed E-state index contributed by atoms with van der Waals surface area (Å²) < 4.78 is 5.02. The van der Waals surface area contributed by atoms with E-state index in [9.17, 15) is 14.4 Å². The van der Waals surface area contributed by atoms with E-state index in [2.05, 4.69) is 5.32 Å². The molecule has 7 heteroatoms. The number of hydrogen-bond donors (Lipinski definition) is 3. The van der Waals surface area contributed by atoms with Crippen molar-refractivity contribution < 1.29 is 29.3 Å². The Kier molecular flexibility index (Phi) is 4.89. The van der Waals surface area contributed by atoms with Crippen molar-refractivity contribution in [1.29, 1.82) is 0 Å². The van der Waals surface area contributed by atoms with Crippen LogP contribution in [-0.4, -0.2) is 47.3 Å². The SMILES string of the molecule is O=C(O)CC[C@H](NC(=O)C1CCOC1)C(=O)O. The topological polar surface area (TPSA) is 113 Å². The van der Waals surface area contributed by atoms with Gasteiger partial charge in [-0.2, -0.15) is 0 Å². The lowest BCUT2D eigenvalue weighted by Gasteiger charge is -2.15. The van der Waals surface area contributed by atoms with Crippen molar-refractivity contribution in [3.8, 4) is 0 Å². The van der Waals surface area contributed by atoms with Gasteiger partial charge in [-0.25, -0.2) is 4.79 Å². The summed E-state index contributed by atoms with van der Waals surface area (Å²) in [5.41, 5.74) is 0. The highest BCUT2D eigenvalue weighted by atomic mass is 16.5. The monoisotopic (exact) mass is 245 g/mol. The van der Waals surface area contributed by atoms with E-state index in [1.807, 2.05) is 0 Å². The van der Waals surface area contributed by atoms with Crippen molar-refractivity contribution in [1.82, 2.24) is 5.32 Å². The molecule has 0 bridgehead atoms. The average Bonchev–Trinajstić information content (AvgIpc) is 2.76. The van der Waals surface area contributed by atoms with E-state index in [0.717, 1.165) is 0 Å². The van der Waals surface area contributed by atoms with E-state index < -0.39 is 18.0 Å². The van der Waals surface area contributed by atoms with Crippen LogP contribution < -0.4 is 5.32 Å². The molecule has 1 aliphatic heterocycles. The summed E-state index contributed by atoms with van der Waals surface area (Å²) in [5, 5.41) is 19.6. The molecule has 1 heterocycles. The molecule has 1 saturated heterocycles. The number of amides is 1. The molecule has 0 aromatic carbocycles. The minimum atomic E-state index is -1.22. The van der Waals surface area contributed by atoms with Gasteiger partial charge in [0.05, 0.1) is 12.5 Å². The van der Waals surface area contributed by atoms with Crippen LogP contribution in [-0.2, 0) is 19.1 Å². The number of carboxylic acids is 2. The first-order valence-electron chi connectivity index (χ1n) is 5.33. The molecule has 1 amide bonds. The van der Waals surface area contributed by atoms with Gasteiger partial charge in [0, 0.05) is 13.0 Å². The predicted molar refractivity (Wildman–Crippen MR) is 55.4 cm³/mol. The second-order valence-electron chi connectivity index (χ2n) is 3.89. The Morgan fingerprint density at radius 3 is 2.53 bits per heavy atom. The molecule has 1 fully saturated rings. The molecule has 0 spiro atoms. The summed E-state index contributed by atoms with van der Waals surface area (Å²) in [5.74, 6) is -3.03. The number of hydrogen-bond acceptors (Lipinski definition) is 4. The Bertz CT molecular complexity index is 310. The Morgan fingerprint density at radius 2 is 2.06 bits per heavy atom. The molecular formula is C10H15NO6. The van der Waals surface area contributed by atoms with Crippen molar-refractivity contribution in [2.45, 2.75) is 25.3 Å². The summed E-state index contributed by atoms with van der Waals surface area (Å²) in [6.07, 6.45) is 0.152. The number of carbonyl (C=O) groups is 3. The maximum Gasteiger partial charge on any atom is 0.326 e. The molecule has 1 unspecified atom stereocenters. The van der Waals surface area contributed by atoms with Crippen LogP contribution in [0.5, 0.6) is 0 Å². The van der Waals surface area contributed by atoms with Gasteiger partial charge in [0.1, 0.15) is 6.04 Å². The molecule has 0 saturated carbocycles. The molecule has 1 rings (SSSR count). The van der Waals surface area contributed by atoms with E-state index >= 15 is 0 Å². The van der Waals surface area contributed by atoms with E-state index in [1.165, 1.54) is 0 Å². The molecule has 2 atom stereocenters. The zero-order chi connectivity index (χ0) is 12.8. The fraction of sp³-hybridized carbons (Fsp3) is 0.700. The molecule has 96 valence electrons. The highest BCUT2D eigenvalue weighted by molar-refractivity contribution is 5.85. The summed E-state index contributed by atoms with van der Waals surface area (Å²) in [4.78, 5) is 32.8. The fourth-order valence-corrected chi connectivity index (χ4v) is 1.56. The van der Waals surface area contributed by atoms with Crippen molar-refractivity contribution in [2.75, 3.05) is 13.2 Å². The second-order valence-corrected chi connectivity index (χ2v) is 3.89. The average molecular weight is 245 g/mol. The fourth-order valence-electron chi connectivity index (χ4n) is 1.56. The first kappa shape index (κ1) is 13.4. The molecule has 3 N–H and O–H groups in total. The van der Waals surface area contributed by atoms with Gasteiger partial charge in [0.2, 0.25) is 5.91 Å². The Morgan fingerprint density at radius 1 is 1.35 bits per heavy atom. The molecule has 0 radical (unpaired) electrons. The molecule has 0 aromatic heterocycles. The predicted octanol–water partition coefficient (Wildman–Crippen LogP) is -0.543. The number of nitrogens with one attached hydrogen (secondary N) is 1. The van der Waals surface area contributed by atoms with Crippen LogP contribution in [0.15, 0.2) is 0 Å². The second kappa shape index (κ2) is 6.19. The summed E-state index contributed by atoms with van der Waals surface area (Å²) in [7, 11) is 0. The van der Waals surface area contributed by atoms with Gasteiger partial charge in [-0.15, -0.1) is 0 Å². The zero-order valence-corrected chi connectivity index (χ0v) is 9.22. The first-order chi connectivity index (χ1) is 8.00. The van der Waals surface area contributed by atoms with Crippen molar-refractivity contribution in [3.05, 3.63) is 0 Å². The van der Waals surface area contributed by atoms with Crippen molar-refractivity contribution in [3.63, 3.8) is 0 Å². The largest absolute Gasteiger partial charge is 0.481 e. The van der Waals surface area contributed by atoms with Crippen LogP contribution in [0.2, 0.25) is 0 Å². The van der Waals surface area contributed by atoms with Crippen molar-refractivity contribution in [2.24, 2.45) is 5.92 Å². The lowest BCUT2D eigenvalue weighted by atomic mass is 10.1. The Labute approximate surface area is 97.8 Å². The summed E-state index contributed by atoms with van der Waals surface area (Å²) in [6, 6.07) is -1.15. The van der Waals surface area contributed by atoms with Crippen LogP contribution in [0.4, 0.5) is 0 Å². The lowest BCUT2D eigenvalue weighted by Crippen LogP contribution is -2.44. The van der Waals surface area contributed by atoms with E-state index in [4.69, 9.17) is 14.9 Å². The first-order valence-corrected chi connectivity index (χ1v) is 5.33. The van der Waals surface area contributed by atoms with Gasteiger partial charge in [0.15, 0.2) is 0 Å². The summed E-state index contributed by atoms with van der Waals surface area (Å²) in [6.45, 7) is 0.780. The smallest absolute Gasteiger partial charge is 0.326 e. The standard InChI is InChI=1S/C10H15NO6/c12-8(13)2-1-7(10(15)16)11-9(14)6-3-4-17-5-6/h6-7H,1-5H2,(H,11,14)(H,12,13)(H,15,16)/t6?,7-/m0/s1. The highest BCUT2D eigenvalue weighted by Crippen LogP contribution is 2.12. The van der Waals surface area contributed by atoms with E-state index in [1.54, 1.807) is 0 Å². The van der Waals surface area contributed by atoms with Gasteiger partial charge in [0.25, 0.3) is 0 Å². The van der Waals surface area contributed by atoms with E-state index in [0.29, 0.717) is 13.0 Å². The van der Waals surface area contributed by atoms with Crippen LogP contribution in [0, 0.1) is 5.92 Å². The number of carbonyl (C=O) groups excluding carboxylic acids is 1. The lowest BCUT2D eigenvalue weighted by molar-refractivity contribution is -0.143. The Balaban J connectivity index is 2.44. The van der Waals surface area contributed by atoms with Crippen LogP contribution in [0.1, 0.15) is 19.3 Å². The highest BCUT2D eigenvalue weighted by Gasteiger charge is 2.28. The third kappa shape index (κ3) is 4.39. The van der Waals surface area contributed by atoms with Gasteiger partial charge >= 0.3 is 11.9 Å². The third-order valence-electron chi connectivity index (χ3n) is 2.56. The molecular weight excluding hydrogens is 230 g/mol. The molecule has 7 nitrogen and oxygen atoms in total. The minimum absolute atomic E-state index is 0.121. The Hall–Kier alpha value is -1.63. The number of ether oxygens (including phenoxy) is 1. The van der Waals surface area contributed by atoms with Crippen LogP contribution >= 0.6 is 0 Å². The number of rotatable bonds is 6. The number of aliphatic carboxylic acids is 2. The molecule has 0 aliphatic carbocycles.